The number of phenolic OH excluding ortho intramolecular Hbond substituents is 3. The maximum absolute atomic E-state index is 14.4. The van der Waals surface area contributed by atoms with E-state index >= 15 is 0 Å². The normalized spacial score (nSPS) is 33.0. The number of esters is 1. The number of fused-ring (bicyclic) bond motifs is 14. The van der Waals surface area contributed by atoms with Crippen molar-refractivity contribution in [1.82, 2.24) is 5.01 Å². The number of aliphatic hydroxyl groups excluding tert-OH is 3. The number of phenols is 3. The molecule has 1 fully saturated rings. The summed E-state index contributed by atoms with van der Waals surface area (Å²) >= 11 is 0. The summed E-state index contributed by atoms with van der Waals surface area (Å²) in [5.41, 5.74) is -0.555. The maximum Gasteiger partial charge on any atom is 0.312 e. The highest BCUT2D eigenvalue weighted by Crippen LogP contribution is 2.55. The van der Waals surface area contributed by atoms with Crippen molar-refractivity contribution < 1.29 is 64.0 Å². The van der Waals surface area contributed by atoms with Gasteiger partial charge in [-0.1, -0.05) is 45.9 Å². The van der Waals surface area contributed by atoms with Crippen LogP contribution in [0.3, 0.4) is 0 Å². The van der Waals surface area contributed by atoms with E-state index in [1.54, 1.807) is 44.9 Å². The van der Waals surface area contributed by atoms with Gasteiger partial charge >= 0.3 is 11.8 Å². The number of Topliss-reactive ketones (excluding diaryl/α,β-unsaturated/α-hetero) is 1. The number of ketones is 1. The number of piperidine rings is 1. The molecule has 0 radical (unpaired) electrons. The number of hydrogen-bond acceptors (Lipinski definition) is 15. The fourth-order valence-corrected chi connectivity index (χ4v) is 8.05. The Kier molecular flexibility index (Phi) is 13.7. The number of β-amino-alcohol motifs (C(OH)–C–C–N with tert-alkyl or cyclic N) is 1. The summed E-state index contributed by atoms with van der Waals surface area (Å²) in [5.74, 6) is -8.63. The highest BCUT2D eigenvalue weighted by molar-refractivity contribution is 6.23. The van der Waals surface area contributed by atoms with Crippen LogP contribution in [-0.4, -0.2) is 116 Å². The van der Waals surface area contributed by atoms with Gasteiger partial charge in [0, 0.05) is 67.7 Å². The summed E-state index contributed by atoms with van der Waals surface area (Å²) in [5, 5.41) is 76.6. The average Bonchev–Trinajstić information content (AvgIpc) is 3.46. The Morgan fingerprint density at radius 2 is 1.68 bits per heavy atom. The van der Waals surface area contributed by atoms with E-state index in [1.165, 1.54) is 59.4 Å². The Morgan fingerprint density at radius 1 is 0.983 bits per heavy atom. The van der Waals surface area contributed by atoms with Crippen LogP contribution in [0.15, 0.2) is 41.2 Å². The smallest absolute Gasteiger partial charge is 0.312 e. The van der Waals surface area contributed by atoms with Gasteiger partial charge in [-0.2, -0.15) is 5.10 Å². The van der Waals surface area contributed by atoms with Crippen molar-refractivity contribution >= 4 is 40.3 Å². The van der Waals surface area contributed by atoms with Gasteiger partial charge in [0.25, 0.3) is 11.7 Å². The van der Waals surface area contributed by atoms with E-state index in [4.69, 9.17) is 18.9 Å². The third kappa shape index (κ3) is 8.91. The van der Waals surface area contributed by atoms with Gasteiger partial charge < -0.3 is 54.9 Å². The van der Waals surface area contributed by atoms with Crippen molar-refractivity contribution in [3.8, 4) is 23.0 Å². The van der Waals surface area contributed by atoms with Gasteiger partial charge in [0.15, 0.2) is 5.75 Å². The van der Waals surface area contributed by atoms with Crippen LogP contribution in [0.1, 0.15) is 82.8 Å². The number of amides is 1. The minimum absolute atomic E-state index is 0.0327. The Labute approximate surface area is 343 Å². The molecule has 4 heterocycles. The predicted octanol–water partition coefficient (Wildman–Crippen LogP) is 4.54. The summed E-state index contributed by atoms with van der Waals surface area (Å²) in [7, 11) is 1.43. The third-order valence-corrected chi connectivity index (χ3v) is 11.8. The number of nitrogens with one attached hydrogen (secondary N) is 1. The van der Waals surface area contributed by atoms with Crippen LogP contribution in [0, 0.1) is 30.6 Å². The lowest BCUT2D eigenvalue weighted by Gasteiger charge is -2.38. The summed E-state index contributed by atoms with van der Waals surface area (Å²) in [6.07, 6.45) is 5.20. The highest BCUT2D eigenvalue weighted by atomic mass is 16.7. The molecule has 2 aromatic carbocycles. The maximum atomic E-state index is 14.4. The van der Waals surface area contributed by atoms with E-state index in [1.807, 2.05) is 0 Å². The molecule has 2 aromatic rings. The first-order valence-corrected chi connectivity index (χ1v) is 19.8. The molecular weight excluding hydrogens is 766 g/mol. The highest BCUT2D eigenvalue weighted by Gasteiger charge is 2.50. The van der Waals surface area contributed by atoms with Crippen molar-refractivity contribution in [2.24, 2.45) is 28.8 Å². The van der Waals surface area contributed by atoms with E-state index in [0.29, 0.717) is 19.4 Å². The third-order valence-electron chi connectivity index (χ3n) is 11.8. The van der Waals surface area contributed by atoms with E-state index in [0.717, 1.165) is 0 Å². The number of ether oxygens (including phenoxy) is 4. The van der Waals surface area contributed by atoms with Crippen LogP contribution < -0.4 is 10.1 Å². The zero-order chi connectivity index (χ0) is 43.7. The number of hydrogen-bond donors (Lipinski definition) is 7. The fraction of sp³-hybridized carbons (Fsp3) is 0.535. The number of hydrazone groups is 1. The van der Waals surface area contributed by atoms with Crippen molar-refractivity contribution in [3.05, 3.63) is 52.8 Å². The van der Waals surface area contributed by atoms with E-state index in [9.17, 15) is 45.0 Å². The van der Waals surface area contributed by atoms with Gasteiger partial charge in [-0.25, -0.2) is 0 Å². The molecule has 0 saturated carbocycles. The molecule has 5 bridgehead atoms. The molecule has 0 aromatic heterocycles. The minimum Gasteiger partial charge on any atom is -0.507 e. The molecule has 16 heteroatoms. The molecule has 1 unspecified atom stereocenters. The number of aliphatic hydroxyl groups is 3. The minimum atomic E-state index is -2.07. The van der Waals surface area contributed by atoms with Gasteiger partial charge in [0.05, 0.1) is 65.6 Å². The average molecular weight is 824 g/mol. The SMILES string of the molecule is CO[C@H]1/C=C/O[C@@]2(C)Oc3c(C)c(O)c4c(O)c(c(/C=N/N5CCCC(O)C5)c(O)c4c3C2=O)NC(=O)/C(C)=C\C=C\[C@H](C)[C@H](O)[C@@H](C)[C@@H](O)[C@@H](C)[C@H](OC(C)=O)[C@@H]1C. The number of aromatic hydroxyl groups is 3. The van der Waals surface area contributed by atoms with Crippen LogP contribution in [0.25, 0.3) is 10.8 Å². The monoisotopic (exact) mass is 823 g/mol. The summed E-state index contributed by atoms with van der Waals surface area (Å²) in [6.45, 7) is 13.1. The first kappa shape index (κ1) is 44.9. The number of rotatable bonds is 4. The molecule has 10 atom stereocenters. The lowest BCUT2D eigenvalue weighted by molar-refractivity contribution is -0.160. The quantitative estimate of drug-likeness (QED) is 0.0971. The standard InChI is InChI=1S/C43H57N3O13/c1-20-12-10-13-21(2)42(55)45-33-28(18-44-46-16-11-14-27(48)19-46)37(52)30-31(38(33)53)36(51)25(6)40-32(30)41(54)43(8,59-40)57-17-15-29(56-9)22(3)39(58-26(7)47)24(5)35(50)23(4)34(20)49/h10,12-13,15,17-18,20,22-24,27,29,34-35,39,48-53H,11,14,16,19H2,1-9H3,(H,45,55)/b12-10+,17-15+,21-13-,44-18+/t20-,22+,23+,24+,27?,29-,34-,35+,39+,43-/m0/s1. The van der Waals surface area contributed by atoms with Crippen LogP contribution in [-0.2, 0) is 23.8 Å². The Morgan fingerprint density at radius 3 is 2.32 bits per heavy atom. The second-order valence-electron chi connectivity index (χ2n) is 16.1. The Hall–Kier alpha value is -5.16. The second-order valence-corrected chi connectivity index (χ2v) is 16.1. The van der Waals surface area contributed by atoms with E-state index < -0.39 is 94.9 Å². The lowest BCUT2D eigenvalue weighted by atomic mass is 9.78. The van der Waals surface area contributed by atoms with Gasteiger partial charge in [0.2, 0.25) is 0 Å². The molecular formula is C43H57N3O13. The molecule has 322 valence electrons. The van der Waals surface area contributed by atoms with E-state index in [2.05, 4.69) is 10.4 Å². The Bertz CT molecular complexity index is 2080. The Balaban J connectivity index is 1.71. The second kappa shape index (κ2) is 18.0. The number of carbonyl (C=O) groups is 3. The number of methoxy groups -OCH3 is 1. The number of nitrogens with zero attached hydrogens (tertiary/aromatic N) is 2. The van der Waals surface area contributed by atoms with Gasteiger partial charge in [-0.3, -0.25) is 19.4 Å². The summed E-state index contributed by atoms with van der Waals surface area (Å²) in [4.78, 5) is 40.5. The molecule has 4 aliphatic heterocycles. The molecule has 16 nitrogen and oxygen atoms in total. The van der Waals surface area contributed by atoms with Crippen molar-refractivity contribution in [1.29, 1.82) is 0 Å². The zero-order valence-corrected chi connectivity index (χ0v) is 34.9. The molecule has 6 rings (SSSR count). The van der Waals surface area contributed by atoms with Crippen LogP contribution in [0.2, 0.25) is 0 Å². The van der Waals surface area contributed by atoms with Gasteiger partial charge in [-0.15, -0.1) is 0 Å². The first-order chi connectivity index (χ1) is 27.7. The number of benzene rings is 2. The molecule has 0 aliphatic carbocycles. The fourth-order valence-electron chi connectivity index (χ4n) is 8.05. The molecule has 1 amide bonds. The van der Waals surface area contributed by atoms with Gasteiger partial charge in [0.1, 0.15) is 23.4 Å². The molecule has 7 N–H and O–H groups in total. The van der Waals surface area contributed by atoms with Crippen molar-refractivity contribution in [2.75, 3.05) is 25.5 Å². The van der Waals surface area contributed by atoms with Crippen molar-refractivity contribution in [3.63, 3.8) is 0 Å². The topological polar surface area (TPSA) is 237 Å². The summed E-state index contributed by atoms with van der Waals surface area (Å²) < 4.78 is 23.5. The van der Waals surface area contributed by atoms with Crippen LogP contribution in [0.4, 0.5) is 5.69 Å². The first-order valence-electron chi connectivity index (χ1n) is 19.8. The number of allylic oxidation sites excluding steroid dienone is 2. The van der Waals surface area contributed by atoms with E-state index in [-0.39, 0.29) is 51.0 Å². The predicted molar refractivity (Wildman–Crippen MR) is 218 cm³/mol. The number of carbonyl (C=O) groups excluding carboxylic acids is 3. The molecule has 4 aliphatic rings. The molecule has 1 saturated heterocycles. The largest absolute Gasteiger partial charge is 0.507 e. The van der Waals surface area contributed by atoms with Crippen molar-refractivity contribution in [2.45, 2.75) is 105 Å². The number of anilines is 1. The molecule has 59 heavy (non-hydrogen) atoms. The molecule has 0 spiro atoms. The van der Waals surface area contributed by atoms with Gasteiger partial charge in [-0.05, 0) is 32.8 Å². The lowest BCUT2D eigenvalue weighted by Crippen LogP contribution is -2.46. The van der Waals surface area contributed by atoms with Crippen LogP contribution >= 0.6 is 0 Å². The zero-order valence-electron chi connectivity index (χ0n) is 34.9. The summed E-state index contributed by atoms with van der Waals surface area (Å²) in [6, 6.07) is 0. The van der Waals surface area contributed by atoms with Crippen LogP contribution in [0.5, 0.6) is 23.0 Å².